The first-order chi connectivity index (χ1) is 17.1. The summed E-state index contributed by atoms with van der Waals surface area (Å²) in [6.07, 6.45) is 25.9. The second kappa shape index (κ2) is 15.5. The molecule has 0 bridgehead atoms. The summed E-state index contributed by atoms with van der Waals surface area (Å²) in [6.45, 7) is 9.36. The number of aryl methyl sites for hydroxylation is 2. The smallest absolute Gasteiger partial charge is 0.0493 e. The maximum Gasteiger partial charge on any atom is 0.0493 e. The zero-order valence-corrected chi connectivity index (χ0v) is 23.1. The molecule has 0 amide bonds. The molecule has 0 N–H and O–H groups in total. The summed E-state index contributed by atoms with van der Waals surface area (Å²) in [5, 5.41) is 0. The van der Waals surface area contributed by atoms with Crippen molar-refractivity contribution in [2.45, 2.75) is 104 Å². The van der Waals surface area contributed by atoms with Gasteiger partial charge in [0.25, 0.3) is 0 Å². The highest BCUT2D eigenvalue weighted by molar-refractivity contribution is 5.26. The summed E-state index contributed by atoms with van der Waals surface area (Å²) in [6, 6.07) is 9.53. The van der Waals surface area contributed by atoms with Crippen LogP contribution >= 0.6 is 0 Å². The number of rotatable bonds is 16. The first-order valence-electron chi connectivity index (χ1n) is 14.7. The van der Waals surface area contributed by atoms with Crippen molar-refractivity contribution in [3.63, 3.8) is 0 Å². The van der Waals surface area contributed by atoms with Crippen molar-refractivity contribution < 1.29 is 4.74 Å². The van der Waals surface area contributed by atoms with Crippen LogP contribution in [0.5, 0.6) is 0 Å². The largest absolute Gasteiger partial charge is 0.384 e. The molecule has 0 heterocycles. The minimum absolute atomic E-state index is 0.628. The molecular weight excluding hydrogens is 424 g/mol. The first kappa shape index (κ1) is 28.0. The second-order valence-corrected chi connectivity index (χ2v) is 11.6. The number of methoxy groups -OCH3 is 1. The Morgan fingerprint density at radius 3 is 2.43 bits per heavy atom. The maximum atomic E-state index is 5.40. The van der Waals surface area contributed by atoms with E-state index >= 15 is 0 Å². The number of hydrogen-bond donors (Lipinski definition) is 0. The van der Waals surface area contributed by atoms with Crippen LogP contribution in [0.3, 0.4) is 0 Å². The number of hydrogen-bond acceptors (Lipinski definition) is 1. The molecule has 1 saturated carbocycles. The standard InChI is InChI=1S/C34H52O/c1-5-6-7-11-30-19-21-34-25-31(20-22-33(34)24-30)18-17-29-15-13-28(14-16-29)10-8-9-12-32(26-35-4)23-27(2)3/h13-16,19,21,24,31-34H,2,5-12,17-18,20,22-23,25-26H2,1,3-4H3. The molecule has 4 atom stereocenters. The molecule has 1 heteroatoms. The molecule has 1 fully saturated rings. The van der Waals surface area contributed by atoms with E-state index in [1.54, 1.807) is 5.57 Å². The van der Waals surface area contributed by atoms with Gasteiger partial charge in [-0.2, -0.15) is 0 Å². The van der Waals surface area contributed by atoms with Crippen molar-refractivity contribution in [2.75, 3.05) is 13.7 Å². The lowest BCUT2D eigenvalue weighted by Crippen LogP contribution is -2.24. The molecule has 0 aliphatic heterocycles. The molecule has 2 aliphatic rings. The highest BCUT2D eigenvalue weighted by Crippen LogP contribution is 2.40. The van der Waals surface area contributed by atoms with Crippen LogP contribution in [0.15, 0.2) is 60.2 Å². The number of allylic oxidation sites excluding steroid dienone is 5. The van der Waals surface area contributed by atoms with Crippen LogP contribution in [-0.4, -0.2) is 13.7 Å². The summed E-state index contributed by atoms with van der Waals surface area (Å²) in [5.74, 6) is 3.14. The number of benzene rings is 1. The monoisotopic (exact) mass is 476 g/mol. The van der Waals surface area contributed by atoms with E-state index in [-0.39, 0.29) is 0 Å². The van der Waals surface area contributed by atoms with Crippen LogP contribution in [0.25, 0.3) is 0 Å². The van der Waals surface area contributed by atoms with Crippen molar-refractivity contribution in [1.29, 1.82) is 0 Å². The van der Waals surface area contributed by atoms with E-state index in [1.807, 2.05) is 7.11 Å². The molecule has 194 valence electrons. The van der Waals surface area contributed by atoms with E-state index in [9.17, 15) is 0 Å². The number of ether oxygens (including phenoxy) is 1. The Hall–Kier alpha value is -1.60. The molecule has 0 radical (unpaired) electrons. The Morgan fingerprint density at radius 2 is 1.71 bits per heavy atom. The fourth-order valence-electron chi connectivity index (χ4n) is 6.31. The van der Waals surface area contributed by atoms with Crippen LogP contribution in [-0.2, 0) is 17.6 Å². The molecule has 0 aromatic heterocycles. The van der Waals surface area contributed by atoms with Gasteiger partial charge in [-0.05, 0) is 112 Å². The second-order valence-electron chi connectivity index (χ2n) is 11.6. The third-order valence-electron chi connectivity index (χ3n) is 8.35. The lowest BCUT2D eigenvalue weighted by atomic mass is 9.70. The highest BCUT2D eigenvalue weighted by atomic mass is 16.5. The van der Waals surface area contributed by atoms with E-state index in [0.717, 1.165) is 30.8 Å². The van der Waals surface area contributed by atoms with Crippen molar-refractivity contribution in [3.8, 4) is 0 Å². The van der Waals surface area contributed by atoms with E-state index in [4.69, 9.17) is 4.74 Å². The lowest BCUT2D eigenvalue weighted by Gasteiger charge is -2.35. The minimum atomic E-state index is 0.628. The van der Waals surface area contributed by atoms with E-state index in [0.29, 0.717) is 5.92 Å². The van der Waals surface area contributed by atoms with E-state index in [2.05, 4.69) is 62.9 Å². The fraction of sp³-hybridized carbons (Fsp3) is 0.647. The summed E-state index contributed by atoms with van der Waals surface area (Å²) in [4.78, 5) is 0. The zero-order valence-electron chi connectivity index (χ0n) is 23.1. The Labute approximate surface area is 217 Å². The van der Waals surface area contributed by atoms with Gasteiger partial charge >= 0.3 is 0 Å². The van der Waals surface area contributed by atoms with Gasteiger partial charge in [-0.25, -0.2) is 0 Å². The van der Waals surface area contributed by atoms with E-state index < -0.39 is 0 Å². The molecule has 0 saturated heterocycles. The first-order valence-corrected chi connectivity index (χ1v) is 14.7. The van der Waals surface area contributed by atoms with Crippen LogP contribution in [0.4, 0.5) is 0 Å². The summed E-state index contributed by atoms with van der Waals surface area (Å²) >= 11 is 0. The molecule has 4 unspecified atom stereocenters. The van der Waals surface area contributed by atoms with Crippen molar-refractivity contribution in [1.82, 2.24) is 0 Å². The summed E-state index contributed by atoms with van der Waals surface area (Å²) in [7, 11) is 1.81. The normalized spacial score (nSPS) is 22.5. The van der Waals surface area contributed by atoms with E-state index in [1.165, 1.54) is 100 Å². The zero-order chi connectivity index (χ0) is 24.9. The summed E-state index contributed by atoms with van der Waals surface area (Å²) in [5.41, 5.74) is 5.90. The Morgan fingerprint density at radius 1 is 0.971 bits per heavy atom. The summed E-state index contributed by atoms with van der Waals surface area (Å²) < 4.78 is 5.40. The van der Waals surface area contributed by atoms with Gasteiger partial charge in [0.1, 0.15) is 0 Å². The number of unbranched alkanes of at least 4 members (excludes halogenated alkanes) is 3. The molecule has 3 rings (SSSR count). The van der Waals surface area contributed by atoms with Gasteiger partial charge in [-0.1, -0.05) is 79.8 Å². The quantitative estimate of drug-likeness (QED) is 0.170. The van der Waals surface area contributed by atoms with Gasteiger partial charge in [0, 0.05) is 13.7 Å². The molecule has 1 aromatic carbocycles. The molecule has 35 heavy (non-hydrogen) atoms. The molecule has 1 aromatic rings. The fourth-order valence-corrected chi connectivity index (χ4v) is 6.31. The predicted octanol–water partition coefficient (Wildman–Crippen LogP) is 9.67. The molecular formula is C34H52O. The van der Waals surface area contributed by atoms with Gasteiger partial charge in [0.2, 0.25) is 0 Å². The van der Waals surface area contributed by atoms with Crippen LogP contribution < -0.4 is 0 Å². The SMILES string of the molecule is C=C(C)CC(CCCCc1ccc(CCC2CCC3C=C(CCCCC)C=CC3C2)cc1)COC. The van der Waals surface area contributed by atoms with Gasteiger partial charge in [0.15, 0.2) is 0 Å². The molecule has 0 spiro atoms. The Balaban J connectivity index is 1.34. The Bertz CT molecular complexity index is 798. The van der Waals surface area contributed by atoms with Crippen molar-refractivity contribution in [2.24, 2.45) is 23.7 Å². The van der Waals surface area contributed by atoms with Gasteiger partial charge < -0.3 is 4.74 Å². The van der Waals surface area contributed by atoms with Crippen LogP contribution in [0.2, 0.25) is 0 Å². The topological polar surface area (TPSA) is 9.23 Å². The average Bonchev–Trinajstić information content (AvgIpc) is 2.86. The third-order valence-corrected chi connectivity index (χ3v) is 8.35. The van der Waals surface area contributed by atoms with Gasteiger partial charge in [-0.15, -0.1) is 6.58 Å². The highest BCUT2D eigenvalue weighted by Gasteiger charge is 2.29. The minimum Gasteiger partial charge on any atom is -0.384 e. The van der Waals surface area contributed by atoms with Gasteiger partial charge in [0.05, 0.1) is 0 Å². The molecule has 1 nitrogen and oxygen atoms in total. The van der Waals surface area contributed by atoms with Crippen molar-refractivity contribution in [3.05, 3.63) is 71.3 Å². The van der Waals surface area contributed by atoms with Crippen LogP contribution in [0.1, 0.15) is 102 Å². The third kappa shape index (κ3) is 10.1. The molecule has 2 aliphatic carbocycles. The van der Waals surface area contributed by atoms with Gasteiger partial charge in [-0.3, -0.25) is 0 Å². The number of fused-ring (bicyclic) bond motifs is 1. The Kier molecular flexibility index (Phi) is 12.4. The van der Waals surface area contributed by atoms with Crippen molar-refractivity contribution >= 4 is 0 Å². The maximum absolute atomic E-state index is 5.40. The lowest BCUT2D eigenvalue weighted by molar-refractivity contribution is 0.146. The average molecular weight is 477 g/mol. The predicted molar refractivity (Wildman–Crippen MR) is 153 cm³/mol. The van der Waals surface area contributed by atoms with Crippen LogP contribution in [0, 0.1) is 23.7 Å².